The van der Waals surface area contributed by atoms with E-state index in [0.29, 0.717) is 0 Å². The lowest BCUT2D eigenvalue weighted by atomic mass is 9.93. The summed E-state index contributed by atoms with van der Waals surface area (Å²) in [5.41, 5.74) is 6.69. The van der Waals surface area contributed by atoms with Gasteiger partial charge in [-0.15, -0.1) is 0 Å². The highest BCUT2D eigenvalue weighted by Gasteiger charge is 2.13. The molecule has 0 spiro atoms. The molecule has 4 aromatic carbocycles. The zero-order chi connectivity index (χ0) is 16.9. The van der Waals surface area contributed by atoms with Crippen LogP contribution in [0.4, 0.5) is 11.4 Å². The first-order valence-electron chi connectivity index (χ1n) is 8.42. The number of benzene rings is 4. The van der Waals surface area contributed by atoms with Gasteiger partial charge in [0.25, 0.3) is 0 Å². The molecule has 0 aromatic heterocycles. The Bertz CT molecular complexity index is 945. The van der Waals surface area contributed by atoms with Gasteiger partial charge in [-0.2, -0.15) is 0 Å². The lowest BCUT2D eigenvalue weighted by Crippen LogP contribution is -1.94. The summed E-state index contributed by atoms with van der Waals surface area (Å²) in [6.07, 6.45) is 0. The van der Waals surface area contributed by atoms with E-state index >= 15 is 0 Å². The van der Waals surface area contributed by atoms with Crippen LogP contribution in [-0.2, 0) is 0 Å². The van der Waals surface area contributed by atoms with Gasteiger partial charge in [-0.05, 0) is 34.9 Å². The van der Waals surface area contributed by atoms with Crippen molar-refractivity contribution in [3.05, 3.63) is 109 Å². The van der Waals surface area contributed by atoms with Crippen molar-refractivity contribution in [2.75, 3.05) is 0 Å². The fraction of sp³-hybridized carbons (Fsp3) is 0. The molecule has 119 valence electrons. The van der Waals surface area contributed by atoms with Gasteiger partial charge in [-0.1, -0.05) is 91.0 Å². The second-order valence-electron chi connectivity index (χ2n) is 5.88. The van der Waals surface area contributed by atoms with Gasteiger partial charge in [-0.3, -0.25) is 0 Å². The van der Waals surface area contributed by atoms with Crippen LogP contribution in [0.2, 0.25) is 0 Å². The standard InChI is InChI=1S/C24H18N/c1-4-11-19(12-5-1)22-17-10-18-23(25-21-15-8-3-9-16-21)24(22)20-13-6-2-7-14-20/h1-18H. The molecule has 0 unspecified atom stereocenters. The fourth-order valence-corrected chi connectivity index (χ4v) is 3.04. The first-order chi connectivity index (χ1) is 12.4. The maximum Gasteiger partial charge on any atom is 0.0721 e. The van der Waals surface area contributed by atoms with E-state index in [2.05, 4.69) is 66.7 Å². The van der Waals surface area contributed by atoms with Crippen LogP contribution in [0, 0.1) is 0 Å². The first kappa shape index (κ1) is 15.2. The normalized spacial score (nSPS) is 10.4. The molecule has 0 aliphatic carbocycles. The van der Waals surface area contributed by atoms with Crippen LogP contribution < -0.4 is 5.32 Å². The van der Waals surface area contributed by atoms with Gasteiger partial charge in [0.15, 0.2) is 0 Å². The Morgan fingerprint density at radius 3 is 1.64 bits per heavy atom. The average molecular weight is 320 g/mol. The zero-order valence-corrected chi connectivity index (χ0v) is 13.8. The monoisotopic (exact) mass is 320 g/mol. The van der Waals surface area contributed by atoms with Gasteiger partial charge in [0.2, 0.25) is 0 Å². The van der Waals surface area contributed by atoms with Crippen molar-refractivity contribution >= 4 is 11.4 Å². The highest BCUT2D eigenvalue weighted by atomic mass is 14.9. The van der Waals surface area contributed by atoms with Gasteiger partial charge in [0.05, 0.1) is 11.4 Å². The molecular formula is C24H18N. The van der Waals surface area contributed by atoms with Crippen molar-refractivity contribution in [1.82, 2.24) is 5.32 Å². The van der Waals surface area contributed by atoms with Gasteiger partial charge >= 0.3 is 0 Å². The van der Waals surface area contributed by atoms with E-state index < -0.39 is 0 Å². The van der Waals surface area contributed by atoms with Crippen molar-refractivity contribution in [2.45, 2.75) is 0 Å². The maximum absolute atomic E-state index is 4.90. The summed E-state index contributed by atoms with van der Waals surface area (Å²) in [5, 5.41) is 4.90. The zero-order valence-electron chi connectivity index (χ0n) is 13.8. The van der Waals surface area contributed by atoms with Gasteiger partial charge in [-0.25, -0.2) is 5.32 Å². The molecule has 4 aromatic rings. The molecule has 1 heteroatoms. The number of rotatable bonds is 4. The van der Waals surface area contributed by atoms with Gasteiger partial charge in [0, 0.05) is 5.56 Å². The highest BCUT2D eigenvalue weighted by Crippen LogP contribution is 2.39. The Kier molecular flexibility index (Phi) is 4.30. The summed E-state index contributed by atoms with van der Waals surface area (Å²) in [5.74, 6) is 0. The number of hydrogen-bond donors (Lipinski definition) is 0. The molecule has 4 rings (SSSR count). The number of hydrogen-bond acceptors (Lipinski definition) is 0. The molecule has 25 heavy (non-hydrogen) atoms. The van der Waals surface area contributed by atoms with Crippen molar-refractivity contribution in [3.8, 4) is 22.3 Å². The maximum atomic E-state index is 4.90. The Hall–Kier alpha value is -3.32. The topological polar surface area (TPSA) is 14.1 Å². The Morgan fingerprint density at radius 2 is 1.00 bits per heavy atom. The van der Waals surface area contributed by atoms with Crippen molar-refractivity contribution in [3.63, 3.8) is 0 Å². The molecule has 1 nitrogen and oxygen atoms in total. The molecule has 0 N–H and O–H groups in total. The van der Waals surface area contributed by atoms with E-state index in [1.807, 2.05) is 42.5 Å². The molecule has 0 bridgehead atoms. The van der Waals surface area contributed by atoms with E-state index in [0.717, 1.165) is 16.9 Å². The van der Waals surface area contributed by atoms with Crippen LogP contribution in [0.5, 0.6) is 0 Å². The Labute approximate surface area is 148 Å². The molecule has 1 radical (unpaired) electrons. The van der Waals surface area contributed by atoms with Crippen LogP contribution in [0.25, 0.3) is 22.3 Å². The SMILES string of the molecule is c1ccc([N]c2cccc(-c3ccccc3)c2-c2ccccc2)cc1. The fourth-order valence-electron chi connectivity index (χ4n) is 3.04. The minimum Gasteiger partial charge on any atom is -0.248 e. The molecule has 0 saturated heterocycles. The molecule has 0 heterocycles. The van der Waals surface area contributed by atoms with Gasteiger partial charge in [0.1, 0.15) is 0 Å². The third-order valence-electron chi connectivity index (χ3n) is 4.20. The lowest BCUT2D eigenvalue weighted by Gasteiger charge is -2.15. The van der Waals surface area contributed by atoms with E-state index in [9.17, 15) is 0 Å². The summed E-state index contributed by atoms with van der Waals surface area (Å²) >= 11 is 0. The first-order valence-corrected chi connectivity index (χ1v) is 8.42. The predicted octanol–water partition coefficient (Wildman–Crippen LogP) is 6.59. The third-order valence-corrected chi connectivity index (χ3v) is 4.20. The minimum absolute atomic E-state index is 0.963. The largest absolute Gasteiger partial charge is 0.248 e. The molecule has 0 fully saturated rings. The van der Waals surface area contributed by atoms with Crippen molar-refractivity contribution < 1.29 is 0 Å². The van der Waals surface area contributed by atoms with Gasteiger partial charge < -0.3 is 0 Å². The average Bonchev–Trinajstić information content (AvgIpc) is 2.70. The summed E-state index contributed by atoms with van der Waals surface area (Å²) in [7, 11) is 0. The van der Waals surface area contributed by atoms with Crippen LogP contribution in [0.1, 0.15) is 0 Å². The van der Waals surface area contributed by atoms with E-state index in [1.54, 1.807) is 0 Å². The summed E-state index contributed by atoms with van der Waals surface area (Å²) in [4.78, 5) is 0. The molecule has 0 aliphatic rings. The Balaban J connectivity index is 1.89. The summed E-state index contributed by atoms with van der Waals surface area (Å²) < 4.78 is 0. The third kappa shape index (κ3) is 3.31. The smallest absolute Gasteiger partial charge is 0.0721 e. The molecule has 0 saturated carbocycles. The lowest BCUT2D eigenvalue weighted by molar-refractivity contribution is 1.19. The molecule has 0 amide bonds. The molecule has 0 aliphatic heterocycles. The molecular weight excluding hydrogens is 302 g/mol. The summed E-state index contributed by atoms with van der Waals surface area (Å²) in [6.45, 7) is 0. The highest BCUT2D eigenvalue weighted by molar-refractivity contribution is 5.91. The van der Waals surface area contributed by atoms with Crippen molar-refractivity contribution in [2.24, 2.45) is 0 Å². The number of para-hydroxylation sites is 1. The van der Waals surface area contributed by atoms with Crippen LogP contribution >= 0.6 is 0 Å². The second-order valence-corrected chi connectivity index (χ2v) is 5.88. The molecule has 0 atom stereocenters. The van der Waals surface area contributed by atoms with Crippen LogP contribution in [0.3, 0.4) is 0 Å². The van der Waals surface area contributed by atoms with Crippen LogP contribution in [0.15, 0.2) is 109 Å². The van der Waals surface area contributed by atoms with Crippen LogP contribution in [-0.4, -0.2) is 0 Å². The minimum atomic E-state index is 0.963. The Morgan fingerprint density at radius 1 is 0.440 bits per heavy atom. The number of nitrogens with zero attached hydrogens (tertiary/aromatic N) is 1. The van der Waals surface area contributed by atoms with E-state index in [4.69, 9.17) is 5.32 Å². The second kappa shape index (κ2) is 7.06. The van der Waals surface area contributed by atoms with E-state index in [1.165, 1.54) is 16.7 Å². The van der Waals surface area contributed by atoms with E-state index in [-0.39, 0.29) is 0 Å². The predicted molar refractivity (Wildman–Crippen MR) is 105 cm³/mol. The van der Waals surface area contributed by atoms with Crippen molar-refractivity contribution in [1.29, 1.82) is 0 Å². The summed E-state index contributed by atoms with van der Waals surface area (Å²) in [6, 6.07) is 37.4. The quantitative estimate of drug-likeness (QED) is 0.403.